The number of carbonyl (C=O) groups excluding carboxylic acids is 2. The highest BCUT2D eigenvalue weighted by Gasteiger charge is 2.43. The summed E-state index contributed by atoms with van der Waals surface area (Å²) in [6, 6.07) is 9.02. The van der Waals surface area contributed by atoms with E-state index in [1.54, 1.807) is 18.2 Å². The van der Waals surface area contributed by atoms with Crippen LogP contribution in [-0.4, -0.2) is 43.0 Å². The summed E-state index contributed by atoms with van der Waals surface area (Å²) in [6.07, 6.45) is 0. The highest BCUT2D eigenvalue weighted by Crippen LogP contribution is 2.38. The number of carbonyl (C=O) groups is 2. The normalized spacial score (nSPS) is 18.2. The second-order valence-corrected chi connectivity index (χ2v) is 7.48. The van der Waals surface area contributed by atoms with Gasteiger partial charge in [-0.1, -0.05) is 23.7 Å². The molecule has 0 atom stereocenters. The molecule has 0 saturated carbocycles. The van der Waals surface area contributed by atoms with E-state index in [9.17, 15) is 9.59 Å². The summed E-state index contributed by atoms with van der Waals surface area (Å²) in [5, 5.41) is 2.44. The van der Waals surface area contributed by atoms with Crippen molar-refractivity contribution in [1.29, 1.82) is 0 Å². The maximum absolute atomic E-state index is 13.3. The van der Waals surface area contributed by atoms with E-state index in [1.165, 1.54) is 16.2 Å². The summed E-state index contributed by atoms with van der Waals surface area (Å²) in [5.74, 6) is -0.602. The number of hydrogen-bond acceptors (Lipinski definition) is 5. The van der Waals surface area contributed by atoms with Gasteiger partial charge in [-0.3, -0.25) is 9.59 Å². The second kappa shape index (κ2) is 6.87. The lowest BCUT2D eigenvalue weighted by molar-refractivity contribution is -0.121. The zero-order valence-corrected chi connectivity index (χ0v) is 15.8. The van der Waals surface area contributed by atoms with Crippen molar-refractivity contribution in [3.8, 4) is 0 Å². The van der Waals surface area contributed by atoms with Crippen LogP contribution in [0.25, 0.3) is 5.57 Å². The second-order valence-electron chi connectivity index (χ2n) is 6.13. The van der Waals surface area contributed by atoms with Crippen molar-refractivity contribution >= 4 is 46.0 Å². The van der Waals surface area contributed by atoms with Crippen molar-refractivity contribution in [2.75, 3.05) is 31.2 Å². The third-order valence-corrected chi connectivity index (χ3v) is 5.93. The van der Waals surface area contributed by atoms with E-state index >= 15 is 0 Å². The molecule has 4 rings (SSSR count). The third kappa shape index (κ3) is 2.74. The molecule has 0 aliphatic carbocycles. The Morgan fingerprint density at radius 2 is 1.85 bits per heavy atom. The summed E-state index contributed by atoms with van der Waals surface area (Å²) < 4.78 is 5.40. The molecular weight excluding hydrogens is 372 g/mol. The summed E-state index contributed by atoms with van der Waals surface area (Å²) in [7, 11) is 0. The smallest absolute Gasteiger partial charge is 0.282 e. The fourth-order valence-corrected chi connectivity index (χ4v) is 4.23. The van der Waals surface area contributed by atoms with Gasteiger partial charge in [0.2, 0.25) is 0 Å². The first-order valence-electron chi connectivity index (χ1n) is 8.34. The Hall–Kier alpha value is -2.15. The van der Waals surface area contributed by atoms with E-state index in [0.717, 1.165) is 4.88 Å². The molecule has 5 nitrogen and oxygen atoms in total. The molecule has 0 unspecified atom stereocenters. The van der Waals surface area contributed by atoms with E-state index in [1.807, 2.05) is 29.3 Å². The molecule has 7 heteroatoms. The molecule has 0 radical (unpaired) electrons. The van der Waals surface area contributed by atoms with Gasteiger partial charge in [0.1, 0.15) is 5.70 Å². The van der Waals surface area contributed by atoms with Gasteiger partial charge in [0.05, 0.1) is 24.5 Å². The van der Waals surface area contributed by atoms with E-state index < -0.39 is 0 Å². The lowest BCUT2D eigenvalue weighted by Gasteiger charge is -2.29. The van der Waals surface area contributed by atoms with Crippen LogP contribution in [0.5, 0.6) is 0 Å². The molecule has 0 spiro atoms. The molecule has 2 aromatic rings. The van der Waals surface area contributed by atoms with Gasteiger partial charge in [-0.15, -0.1) is 11.3 Å². The number of imide groups is 1. The van der Waals surface area contributed by atoms with Crippen molar-refractivity contribution < 1.29 is 14.3 Å². The van der Waals surface area contributed by atoms with E-state index in [0.29, 0.717) is 53.8 Å². The zero-order chi connectivity index (χ0) is 18.3. The lowest BCUT2D eigenvalue weighted by Crippen LogP contribution is -2.40. The van der Waals surface area contributed by atoms with Crippen molar-refractivity contribution in [2.24, 2.45) is 0 Å². The molecule has 3 heterocycles. The van der Waals surface area contributed by atoms with Gasteiger partial charge >= 0.3 is 0 Å². The standard InChI is InChI=1S/C19H17ClN2O3S/c1-12-13(20)4-2-5-14(12)22-18(23)16(15-6-3-11-26-15)17(19(22)24)21-7-9-25-10-8-21/h2-6,11H,7-10H2,1H3. The fraction of sp³-hybridized carbons (Fsp3) is 0.263. The number of hydrogen-bond donors (Lipinski definition) is 0. The van der Waals surface area contributed by atoms with Crippen LogP contribution in [0.1, 0.15) is 10.4 Å². The average Bonchev–Trinajstić information content (AvgIpc) is 3.25. The van der Waals surface area contributed by atoms with Gasteiger partial charge in [-0.2, -0.15) is 0 Å². The van der Waals surface area contributed by atoms with E-state index in [2.05, 4.69) is 0 Å². The van der Waals surface area contributed by atoms with E-state index in [-0.39, 0.29) is 11.8 Å². The van der Waals surface area contributed by atoms with Crippen LogP contribution in [-0.2, 0) is 14.3 Å². The predicted molar refractivity (Wildman–Crippen MR) is 102 cm³/mol. The maximum atomic E-state index is 13.3. The molecule has 134 valence electrons. The van der Waals surface area contributed by atoms with Crippen molar-refractivity contribution in [3.05, 3.63) is 56.9 Å². The fourth-order valence-electron chi connectivity index (χ4n) is 3.30. The van der Waals surface area contributed by atoms with E-state index in [4.69, 9.17) is 16.3 Å². The van der Waals surface area contributed by atoms with Gasteiger partial charge in [0.25, 0.3) is 11.8 Å². The Morgan fingerprint density at radius 1 is 1.08 bits per heavy atom. The highest BCUT2D eigenvalue weighted by molar-refractivity contribution is 7.11. The number of ether oxygens (including phenoxy) is 1. The molecule has 2 aliphatic heterocycles. The lowest BCUT2D eigenvalue weighted by atomic mass is 10.1. The first-order chi connectivity index (χ1) is 12.6. The number of rotatable bonds is 3. The van der Waals surface area contributed by atoms with Gasteiger partial charge < -0.3 is 9.64 Å². The quantitative estimate of drug-likeness (QED) is 0.757. The minimum Gasteiger partial charge on any atom is -0.378 e. The molecule has 26 heavy (non-hydrogen) atoms. The van der Waals surface area contributed by atoms with Gasteiger partial charge in [0, 0.05) is 23.0 Å². The van der Waals surface area contributed by atoms with Crippen LogP contribution in [0.4, 0.5) is 5.69 Å². The summed E-state index contributed by atoms with van der Waals surface area (Å²) in [4.78, 5) is 30.6. The van der Waals surface area contributed by atoms with Gasteiger partial charge in [-0.05, 0) is 36.1 Å². The largest absolute Gasteiger partial charge is 0.378 e. The van der Waals surface area contributed by atoms with Crippen LogP contribution in [0.15, 0.2) is 41.4 Å². The molecule has 1 fully saturated rings. The summed E-state index contributed by atoms with van der Waals surface area (Å²) in [6.45, 7) is 4.07. The number of anilines is 1. The van der Waals surface area contributed by atoms with Crippen LogP contribution >= 0.6 is 22.9 Å². The Labute approximate surface area is 160 Å². The average molecular weight is 389 g/mol. The molecule has 1 aromatic heterocycles. The molecular formula is C19H17ClN2O3S. The van der Waals surface area contributed by atoms with Crippen LogP contribution in [0.3, 0.4) is 0 Å². The monoisotopic (exact) mass is 388 g/mol. The van der Waals surface area contributed by atoms with Gasteiger partial charge in [-0.25, -0.2) is 4.90 Å². The SMILES string of the molecule is Cc1c(Cl)cccc1N1C(=O)C(c2cccs2)=C(N2CCOCC2)C1=O. The first-order valence-corrected chi connectivity index (χ1v) is 9.60. The Balaban J connectivity index is 1.84. The maximum Gasteiger partial charge on any atom is 0.282 e. The predicted octanol–water partition coefficient (Wildman–Crippen LogP) is 3.33. The zero-order valence-electron chi connectivity index (χ0n) is 14.2. The first kappa shape index (κ1) is 17.3. The van der Waals surface area contributed by atoms with Crippen molar-refractivity contribution in [3.63, 3.8) is 0 Å². The molecule has 1 aromatic carbocycles. The molecule has 2 aliphatic rings. The summed E-state index contributed by atoms with van der Waals surface area (Å²) in [5.41, 5.74) is 2.17. The Morgan fingerprint density at radius 3 is 2.54 bits per heavy atom. The Bertz CT molecular complexity index is 902. The van der Waals surface area contributed by atoms with Gasteiger partial charge in [0.15, 0.2) is 0 Å². The molecule has 2 amide bonds. The summed E-state index contributed by atoms with van der Waals surface area (Å²) >= 11 is 7.68. The number of morpholine rings is 1. The molecule has 0 bridgehead atoms. The number of halogens is 1. The van der Waals surface area contributed by atoms with Crippen molar-refractivity contribution in [1.82, 2.24) is 4.90 Å². The Kier molecular flexibility index (Phi) is 4.56. The van der Waals surface area contributed by atoms with Crippen LogP contribution < -0.4 is 4.90 Å². The highest BCUT2D eigenvalue weighted by atomic mass is 35.5. The number of benzene rings is 1. The molecule has 0 N–H and O–H groups in total. The van der Waals surface area contributed by atoms with Crippen molar-refractivity contribution in [2.45, 2.75) is 6.92 Å². The number of nitrogens with zero attached hydrogens (tertiary/aromatic N) is 2. The minimum atomic E-state index is -0.302. The third-order valence-electron chi connectivity index (χ3n) is 4.63. The topological polar surface area (TPSA) is 49.9 Å². The number of amides is 2. The number of thiophene rings is 1. The van der Waals surface area contributed by atoms with Crippen LogP contribution in [0.2, 0.25) is 5.02 Å². The molecule has 1 saturated heterocycles. The minimum absolute atomic E-state index is 0.300. The van der Waals surface area contributed by atoms with Crippen LogP contribution in [0, 0.1) is 6.92 Å².